The molecule has 2 rings (SSSR count). The molecule has 1 heterocycles. The van der Waals surface area contributed by atoms with Crippen LogP contribution < -0.4 is 10.0 Å². The molecule has 1 aromatic rings. The molecular formula is C13H19N3O4S. The molecule has 1 saturated heterocycles. The number of nitrogens with one attached hydrogen (secondary N) is 2. The number of sulfonamides is 1. The van der Waals surface area contributed by atoms with Crippen LogP contribution in [-0.2, 0) is 10.0 Å². The Morgan fingerprint density at radius 2 is 1.81 bits per heavy atom. The normalized spacial score (nSPS) is 17.9. The molecule has 0 atom stereocenters. The zero-order valence-electron chi connectivity index (χ0n) is 11.6. The first-order valence-electron chi connectivity index (χ1n) is 6.97. The number of nitro groups is 1. The Labute approximate surface area is 123 Å². The van der Waals surface area contributed by atoms with Crippen LogP contribution in [0.3, 0.4) is 0 Å². The fraction of sp³-hybridized carbons (Fsp3) is 0.538. The summed E-state index contributed by atoms with van der Waals surface area (Å²) in [7, 11) is -3.88. The first kappa shape index (κ1) is 15.9. The SMILES string of the molecule is O=[N+]([O-])c1ccccc1S(=O)(=O)NC1CCCNCCC1. The predicted octanol–water partition coefficient (Wildman–Crippen LogP) is 1.41. The topological polar surface area (TPSA) is 101 Å². The van der Waals surface area contributed by atoms with E-state index in [1.165, 1.54) is 24.3 Å². The van der Waals surface area contributed by atoms with Crippen molar-refractivity contribution in [2.24, 2.45) is 0 Å². The molecule has 0 radical (unpaired) electrons. The lowest BCUT2D eigenvalue weighted by Crippen LogP contribution is -2.37. The lowest BCUT2D eigenvalue weighted by atomic mass is 10.1. The maximum Gasteiger partial charge on any atom is 0.289 e. The molecule has 0 unspecified atom stereocenters. The standard InChI is InChI=1S/C13H19N3O4S/c17-16(18)12-7-1-2-8-13(12)21(19,20)15-11-5-3-9-14-10-4-6-11/h1-2,7-8,11,14-15H,3-6,9-10H2. The van der Waals surface area contributed by atoms with Crippen molar-refractivity contribution in [2.45, 2.75) is 36.6 Å². The summed E-state index contributed by atoms with van der Waals surface area (Å²) in [6.45, 7) is 1.73. The number of nitro benzene ring substituents is 1. The first-order chi connectivity index (χ1) is 10.0. The summed E-state index contributed by atoms with van der Waals surface area (Å²) in [6, 6.07) is 5.25. The van der Waals surface area contributed by atoms with Gasteiger partial charge < -0.3 is 5.32 Å². The van der Waals surface area contributed by atoms with Gasteiger partial charge in [0.05, 0.1) is 4.92 Å². The summed E-state index contributed by atoms with van der Waals surface area (Å²) in [5, 5.41) is 14.2. The first-order valence-corrected chi connectivity index (χ1v) is 8.45. The molecule has 116 valence electrons. The van der Waals surface area contributed by atoms with Crippen LogP contribution in [0.4, 0.5) is 5.69 Å². The Morgan fingerprint density at radius 3 is 2.43 bits per heavy atom. The molecule has 1 aromatic carbocycles. The number of hydrogen-bond donors (Lipinski definition) is 2. The lowest BCUT2D eigenvalue weighted by molar-refractivity contribution is -0.387. The van der Waals surface area contributed by atoms with Gasteiger partial charge in [0.2, 0.25) is 10.0 Å². The van der Waals surface area contributed by atoms with E-state index in [1.54, 1.807) is 0 Å². The molecule has 0 aliphatic carbocycles. The Hall–Kier alpha value is -1.51. The second-order valence-electron chi connectivity index (χ2n) is 5.08. The average molecular weight is 313 g/mol. The third-order valence-electron chi connectivity index (χ3n) is 3.49. The monoisotopic (exact) mass is 313 g/mol. The zero-order valence-corrected chi connectivity index (χ0v) is 12.4. The van der Waals surface area contributed by atoms with E-state index in [2.05, 4.69) is 10.0 Å². The fourth-order valence-corrected chi connectivity index (χ4v) is 3.93. The fourth-order valence-electron chi connectivity index (χ4n) is 2.45. The highest BCUT2D eigenvalue weighted by molar-refractivity contribution is 7.89. The van der Waals surface area contributed by atoms with Crippen LogP contribution >= 0.6 is 0 Å². The Kier molecular flexibility index (Phi) is 5.27. The van der Waals surface area contributed by atoms with Crippen LogP contribution in [0, 0.1) is 10.1 Å². The van der Waals surface area contributed by atoms with E-state index in [0.717, 1.165) is 38.8 Å². The van der Waals surface area contributed by atoms with Crippen LogP contribution in [0.2, 0.25) is 0 Å². The highest BCUT2D eigenvalue weighted by atomic mass is 32.2. The minimum atomic E-state index is -3.88. The Morgan fingerprint density at radius 1 is 1.19 bits per heavy atom. The number of hydrogen-bond acceptors (Lipinski definition) is 5. The van der Waals surface area contributed by atoms with Gasteiger partial charge >= 0.3 is 0 Å². The zero-order chi connectivity index (χ0) is 15.3. The number of para-hydroxylation sites is 1. The third-order valence-corrected chi connectivity index (χ3v) is 5.05. The maximum atomic E-state index is 12.4. The second-order valence-corrected chi connectivity index (χ2v) is 6.76. The predicted molar refractivity (Wildman–Crippen MR) is 78.5 cm³/mol. The van der Waals surface area contributed by atoms with E-state index in [-0.39, 0.29) is 10.9 Å². The van der Waals surface area contributed by atoms with Crippen molar-refractivity contribution in [1.29, 1.82) is 0 Å². The van der Waals surface area contributed by atoms with Crippen LogP contribution in [0.15, 0.2) is 29.2 Å². The van der Waals surface area contributed by atoms with E-state index >= 15 is 0 Å². The van der Waals surface area contributed by atoms with Gasteiger partial charge in [-0.2, -0.15) is 0 Å². The minimum absolute atomic E-state index is 0.170. The Bertz CT molecular complexity index is 595. The third kappa shape index (κ3) is 4.23. The molecule has 0 bridgehead atoms. The summed E-state index contributed by atoms with van der Waals surface area (Å²) in [5.41, 5.74) is -0.391. The summed E-state index contributed by atoms with van der Waals surface area (Å²) >= 11 is 0. The van der Waals surface area contributed by atoms with Crippen molar-refractivity contribution in [3.63, 3.8) is 0 Å². The maximum absolute atomic E-state index is 12.4. The summed E-state index contributed by atoms with van der Waals surface area (Å²) < 4.78 is 27.4. The van der Waals surface area contributed by atoms with E-state index in [1.807, 2.05) is 0 Å². The molecule has 2 N–H and O–H groups in total. The molecule has 0 aromatic heterocycles. The van der Waals surface area contributed by atoms with Crippen molar-refractivity contribution in [2.75, 3.05) is 13.1 Å². The van der Waals surface area contributed by atoms with Gasteiger partial charge in [0.1, 0.15) is 0 Å². The summed E-state index contributed by atoms with van der Waals surface area (Å²) in [6.07, 6.45) is 3.22. The molecule has 0 saturated carbocycles. The van der Waals surface area contributed by atoms with Crippen LogP contribution in [0.1, 0.15) is 25.7 Å². The molecule has 1 aliphatic rings. The van der Waals surface area contributed by atoms with Gasteiger partial charge in [-0.3, -0.25) is 10.1 Å². The number of rotatable bonds is 4. The van der Waals surface area contributed by atoms with Crippen molar-refractivity contribution in [1.82, 2.24) is 10.0 Å². The second kappa shape index (κ2) is 6.97. The van der Waals surface area contributed by atoms with E-state index in [4.69, 9.17) is 0 Å². The molecule has 0 amide bonds. The van der Waals surface area contributed by atoms with Crippen LogP contribution in [-0.4, -0.2) is 32.5 Å². The van der Waals surface area contributed by atoms with Gasteiger partial charge in [-0.25, -0.2) is 13.1 Å². The van der Waals surface area contributed by atoms with E-state index in [0.29, 0.717) is 0 Å². The smallest absolute Gasteiger partial charge is 0.289 e. The number of nitrogens with zero attached hydrogens (tertiary/aromatic N) is 1. The molecule has 8 heteroatoms. The highest BCUT2D eigenvalue weighted by Crippen LogP contribution is 2.23. The largest absolute Gasteiger partial charge is 0.317 e. The van der Waals surface area contributed by atoms with E-state index in [9.17, 15) is 18.5 Å². The molecular weight excluding hydrogens is 294 g/mol. The highest BCUT2D eigenvalue weighted by Gasteiger charge is 2.27. The number of benzene rings is 1. The van der Waals surface area contributed by atoms with Crippen molar-refractivity contribution in [3.8, 4) is 0 Å². The van der Waals surface area contributed by atoms with Gasteiger partial charge in [-0.05, 0) is 44.8 Å². The molecule has 7 nitrogen and oxygen atoms in total. The summed E-state index contributed by atoms with van der Waals surface area (Å²) in [5.74, 6) is 0. The van der Waals surface area contributed by atoms with Gasteiger partial charge in [0.15, 0.2) is 4.90 Å². The average Bonchev–Trinajstić information content (AvgIpc) is 2.41. The molecule has 1 aliphatic heterocycles. The van der Waals surface area contributed by atoms with Gasteiger partial charge in [0.25, 0.3) is 5.69 Å². The Balaban J connectivity index is 2.19. The van der Waals surface area contributed by atoms with Gasteiger partial charge in [-0.15, -0.1) is 0 Å². The van der Waals surface area contributed by atoms with Gasteiger partial charge in [0, 0.05) is 12.1 Å². The van der Waals surface area contributed by atoms with E-state index < -0.39 is 20.6 Å². The molecule has 0 spiro atoms. The van der Waals surface area contributed by atoms with Gasteiger partial charge in [-0.1, -0.05) is 12.1 Å². The summed E-state index contributed by atoms with van der Waals surface area (Å²) in [4.78, 5) is 10.0. The van der Waals surface area contributed by atoms with Crippen LogP contribution in [0.5, 0.6) is 0 Å². The van der Waals surface area contributed by atoms with Crippen LogP contribution in [0.25, 0.3) is 0 Å². The molecule has 21 heavy (non-hydrogen) atoms. The quantitative estimate of drug-likeness (QED) is 0.646. The molecule has 1 fully saturated rings. The van der Waals surface area contributed by atoms with Crippen molar-refractivity contribution < 1.29 is 13.3 Å². The van der Waals surface area contributed by atoms with Crippen molar-refractivity contribution in [3.05, 3.63) is 34.4 Å². The minimum Gasteiger partial charge on any atom is -0.317 e. The lowest BCUT2D eigenvalue weighted by Gasteiger charge is -2.21. The van der Waals surface area contributed by atoms with Crippen molar-refractivity contribution >= 4 is 15.7 Å².